The highest BCUT2D eigenvalue weighted by atomic mass is 79.9. The number of carbonyl (C=O) groups is 1. The largest absolute Gasteiger partial charge is 0.444 e. The van der Waals surface area contributed by atoms with Crippen LogP contribution < -0.4 is 10.7 Å². The Morgan fingerprint density at radius 2 is 2.00 bits per heavy atom. The van der Waals surface area contributed by atoms with Crippen LogP contribution in [0.5, 0.6) is 0 Å². The molecule has 0 aromatic rings. The van der Waals surface area contributed by atoms with Crippen molar-refractivity contribution in [3.63, 3.8) is 0 Å². The number of rotatable bonds is 2. The summed E-state index contributed by atoms with van der Waals surface area (Å²) in [5.41, 5.74) is 0.0901. The van der Waals surface area contributed by atoms with Gasteiger partial charge in [0.25, 0.3) is 0 Å². The van der Waals surface area contributed by atoms with Crippen molar-refractivity contribution < 1.29 is 14.9 Å². The number of hydrogen-bond acceptors (Lipinski definition) is 2. The van der Waals surface area contributed by atoms with Crippen LogP contribution in [0.1, 0.15) is 27.7 Å². The van der Waals surface area contributed by atoms with Crippen molar-refractivity contribution in [1.82, 2.24) is 5.32 Å². The summed E-state index contributed by atoms with van der Waals surface area (Å²) < 4.78 is 5.63. The van der Waals surface area contributed by atoms with Crippen LogP contribution in [0.15, 0.2) is 10.7 Å². The molecule has 3 N–H and O–H groups in total. The van der Waals surface area contributed by atoms with E-state index < -0.39 is 11.7 Å². The van der Waals surface area contributed by atoms with Gasteiger partial charge in [0.05, 0.1) is 4.48 Å². The van der Waals surface area contributed by atoms with Crippen molar-refractivity contribution in [2.24, 2.45) is 0 Å². The zero-order valence-corrected chi connectivity index (χ0v) is 10.4. The molecular formula is C9H16BrN2O2+. The molecule has 0 heterocycles. The van der Waals surface area contributed by atoms with Gasteiger partial charge in [0, 0.05) is 13.1 Å². The van der Waals surface area contributed by atoms with Crippen molar-refractivity contribution in [1.29, 1.82) is 0 Å². The minimum atomic E-state index is -0.504. The summed E-state index contributed by atoms with van der Waals surface area (Å²) in [4.78, 5) is 11.1. The summed E-state index contributed by atoms with van der Waals surface area (Å²) in [6, 6.07) is 0. The summed E-state index contributed by atoms with van der Waals surface area (Å²) in [6.45, 7) is 7.11. The van der Waals surface area contributed by atoms with E-state index in [-0.39, 0.29) is 0 Å². The molecule has 0 aliphatic heterocycles. The van der Waals surface area contributed by atoms with Gasteiger partial charge in [-0.15, -0.1) is 0 Å². The van der Waals surface area contributed by atoms with Crippen molar-refractivity contribution in [3.8, 4) is 0 Å². The summed E-state index contributed by atoms with van der Waals surface area (Å²) in [7, 11) is 0. The zero-order chi connectivity index (χ0) is 11.4. The van der Waals surface area contributed by atoms with E-state index in [0.717, 1.165) is 0 Å². The Labute approximate surface area is 92.3 Å². The molecule has 0 unspecified atom stereocenters. The Balaban J connectivity index is 4.10. The van der Waals surface area contributed by atoms with Crippen molar-refractivity contribution in [2.75, 3.05) is 0 Å². The lowest BCUT2D eigenvalue weighted by Crippen LogP contribution is -2.38. The van der Waals surface area contributed by atoms with E-state index in [1.54, 1.807) is 27.7 Å². The Bertz CT molecular complexity index is 266. The molecule has 0 aliphatic carbocycles. The fourth-order valence-electron chi connectivity index (χ4n) is 0.544. The molecule has 0 aromatic heterocycles. The topological polar surface area (TPSA) is 63.9 Å². The van der Waals surface area contributed by atoms with Crippen LogP contribution in [-0.2, 0) is 4.74 Å². The molecule has 0 fully saturated rings. The number of amides is 1. The summed E-state index contributed by atoms with van der Waals surface area (Å²) in [5.74, 6) is 0. The Kier molecular flexibility index (Phi) is 4.83. The van der Waals surface area contributed by atoms with E-state index >= 15 is 0 Å². The Morgan fingerprint density at radius 3 is 2.36 bits per heavy atom. The van der Waals surface area contributed by atoms with Gasteiger partial charge < -0.3 is 4.74 Å². The zero-order valence-electron chi connectivity index (χ0n) is 8.85. The highest BCUT2D eigenvalue weighted by Crippen LogP contribution is 2.07. The van der Waals surface area contributed by atoms with Gasteiger partial charge in [-0.05, 0) is 36.7 Å². The first-order valence-corrected chi connectivity index (χ1v) is 4.96. The highest BCUT2D eigenvalue weighted by molar-refractivity contribution is 9.12. The predicted octanol–water partition coefficient (Wildman–Crippen LogP) is 0.967. The van der Waals surface area contributed by atoms with Gasteiger partial charge in [0.1, 0.15) is 5.60 Å². The molecule has 0 spiro atoms. The second-order valence-electron chi connectivity index (χ2n) is 3.82. The number of allylic oxidation sites excluding steroid dienone is 1. The first kappa shape index (κ1) is 13.2. The van der Waals surface area contributed by atoms with Crippen molar-refractivity contribution >= 4 is 27.7 Å². The number of alkyl carbamates (subject to hydrolysis) is 1. The van der Waals surface area contributed by atoms with Crippen molar-refractivity contribution in [2.45, 2.75) is 33.3 Å². The molecule has 14 heavy (non-hydrogen) atoms. The quantitative estimate of drug-likeness (QED) is 0.730. The minimum absolute atomic E-state index is 0.494. The van der Waals surface area contributed by atoms with E-state index in [0.29, 0.717) is 10.2 Å². The number of nitrogens with two attached hydrogens (primary N) is 1. The smallest absolute Gasteiger partial charge is 0.411 e. The average Bonchev–Trinajstić information content (AvgIpc) is 1.96. The number of hydrogen-bond donors (Lipinski definition) is 2. The van der Waals surface area contributed by atoms with E-state index in [4.69, 9.17) is 10.1 Å². The average molecular weight is 264 g/mol. The molecule has 0 bridgehead atoms. The molecule has 0 aliphatic rings. The van der Waals surface area contributed by atoms with Gasteiger partial charge in [-0.25, -0.2) is 4.79 Å². The Morgan fingerprint density at radius 1 is 1.50 bits per heavy atom. The third-order valence-electron chi connectivity index (χ3n) is 1.09. The van der Waals surface area contributed by atoms with E-state index in [1.165, 1.54) is 6.20 Å². The van der Waals surface area contributed by atoms with Crippen LogP contribution in [0.25, 0.3) is 0 Å². The van der Waals surface area contributed by atoms with Crippen LogP contribution in [0.3, 0.4) is 0 Å². The molecule has 0 radical (unpaired) electrons. The maximum absolute atomic E-state index is 11.1. The second kappa shape index (κ2) is 5.14. The predicted molar refractivity (Wildman–Crippen MR) is 59.0 cm³/mol. The maximum atomic E-state index is 11.1. The third kappa shape index (κ3) is 6.65. The van der Waals surface area contributed by atoms with Crippen LogP contribution in [0.2, 0.25) is 0 Å². The molecule has 0 saturated heterocycles. The normalized spacial score (nSPS) is 12.2. The number of halogens is 1. The maximum Gasteiger partial charge on any atom is 0.411 e. The monoisotopic (exact) mass is 263 g/mol. The highest BCUT2D eigenvalue weighted by Gasteiger charge is 2.15. The summed E-state index contributed by atoms with van der Waals surface area (Å²) in [5, 5.41) is 7.91. The first-order chi connectivity index (χ1) is 6.22. The molecule has 80 valence electrons. The minimum Gasteiger partial charge on any atom is -0.444 e. The summed E-state index contributed by atoms with van der Waals surface area (Å²) in [6.07, 6.45) is 0.944. The fourth-order valence-corrected chi connectivity index (χ4v) is 0.658. The van der Waals surface area contributed by atoms with Crippen LogP contribution >= 0.6 is 15.9 Å². The van der Waals surface area contributed by atoms with Crippen LogP contribution in [0.4, 0.5) is 4.79 Å². The van der Waals surface area contributed by atoms with E-state index in [2.05, 4.69) is 21.2 Å². The molecule has 0 rings (SSSR count). The SMILES string of the molecule is CC(=[NH2+])/C(Br)=C\NC(=O)OC(C)(C)C. The molecule has 0 atom stereocenters. The van der Waals surface area contributed by atoms with Gasteiger partial charge in [0.15, 0.2) is 5.71 Å². The second-order valence-corrected chi connectivity index (χ2v) is 4.68. The van der Waals surface area contributed by atoms with Gasteiger partial charge >= 0.3 is 6.09 Å². The first-order valence-electron chi connectivity index (χ1n) is 4.17. The molecule has 0 aromatic carbocycles. The number of carbonyl (C=O) groups excluding carboxylic acids is 1. The fraction of sp³-hybridized carbons (Fsp3) is 0.556. The third-order valence-corrected chi connectivity index (χ3v) is 1.95. The molecule has 4 nitrogen and oxygen atoms in total. The number of nitrogens with one attached hydrogen (secondary N) is 1. The number of ether oxygens (including phenoxy) is 1. The molecule has 5 heteroatoms. The lowest BCUT2D eigenvalue weighted by Gasteiger charge is -2.18. The molecular weight excluding hydrogens is 248 g/mol. The van der Waals surface area contributed by atoms with Gasteiger partial charge in [-0.3, -0.25) is 10.7 Å². The van der Waals surface area contributed by atoms with Gasteiger partial charge in [0.2, 0.25) is 0 Å². The Hall–Kier alpha value is -0.840. The standard InChI is InChI=1S/C9H15BrN2O2/c1-6(11)7(10)5-12-8(13)14-9(2,3)4/h5,11H,1-4H3,(H,12,13)/p+1/b7-5+,11-6?. The van der Waals surface area contributed by atoms with E-state index in [9.17, 15) is 4.79 Å². The van der Waals surface area contributed by atoms with Crippen LogP contribution in [0, 0.1) is 0 Å². The van der Waals surface area contributed by atoms with Gasteiger partial charge in [-0.2, -0.15) is 0 Å². The lowest BCUT2D eigenvalue weighted by molar-refractivity contribution is -0.112. The van der Waals surface area contributed by atoms with Crippen LogP contribution in [-0.4, -0.2) is 17.4 Å². The van der Waals surface area contributed by atoms with Crippen molar-refractivity contribution in [3.05, 3.63) is 10.7 Å². The molecule has 1 amide bonds. The van der Waals surface area contributed by atoms with E-state index in [1.807, 2.05) is 0 Å². The summed E-state index contributed by atoms with van der Waals surface area (Å²) >= 11 is 3.18. The lowest BCUT2D eigenvalue weighted by atomic mass is 10.2. The van der Waals surface area contributed by atoms with Gasteiger partial charge in [-0.1, -0.05) is 0 Å². The molecule has 0 saturated carbocycles.